The largest absolute Gasteiger partial charge is 0.380 e. The molecule has 8 heteroatoms. The fraction of sp³-hybridized carbons (Fsp3) is 0.231. The summed E-state index contributed by atoms with van der Waals surface area (Å²) >= 11 is 0. The molecule has 0 fully saturated rings. The zero-order valence-electron chi connectivity index (χ0n) is 11.3. The van der Waals surface area contributed by atoms with Crippen LogP contribution in [0.4, 0.5) is 17.2 Å². The normalized spacial score (nSPS) is 10.1. The van der Waals surface area contributed by atoms with Gasteiger partial charge in [-0.1, -0.05) is 12.1 Å². The molecule has 1 aromatic carbocycles. The van der Waals surface area contributed by atoms with Crippen molar-refractivity contribution in [1.29, 1.82) is 0 Å². The molecule has 21 heavy (non-hydrogen) atoms. The number of carbonyl (C=O) groups excluding carboxylic acids is 1. The Kier molecular flexibility index (Phi) is 4.50. The lowest BCUT2D eigenvalue weighted by atomic mass is 10.1. The Morgan fingerprint density at radius 3 is 2.86 bits per heavy atom. The quantitative estimate of drug-likeness (QED) is 0.625. The lowest BCUT2D eigenvalue weighted by Gasteiger charge is -2.07. The van der Waals surface area contributed by atoms with Crippen LogP contribution in [0.25, 0.3) is 0 Å². The monoisotopic (exact) mass is 290 g/mol. The summed E-state index contributed by atoms with van der Waals surface area (Å²) in [7, 11) is 0. The van der Waals surface area contributed by atoms with Gasteiger partial charge in [-0.3, -0.25) is 14.9 Å². The average molecular weight is 290 g/mol. The number of nitrogens with zero attached hydrogens (tertiary/aromatic N) is 2. The third-order valence-corrected chi connectivity index (χ3v) is 2.70. The molecule has 0 aliphatic heterocycles. The summed E-state index contributed by atoms with van der Waals surface area (Å²) in [6.45, 7) is 2.57. The molecule has 1 amide bonds. The summed E-state index contributed by atoms with van der Waals surface area (Å²) in [5, 5.41) is 20.1. The second-order valence-corrected chi connectivity index (χ2v) is 4.25. The van der Waals surface area contributed by atoms with Crippen molar-refractivity contribution in [3.8, 4) is 0 Å². The van der Waals surface area contributed by atoms with E-state index in [1.165, 1.54) is 30.5 Å². The van der Waals surface area contributed by atoms with Gasteiger partial charge in [0.2, 0.25) is 0 Å². The Morgan fingerprint density at radius 1 is 1.43 bits per heavy atom. The molecule has 0 unspecified atom stereocenters. The van der Waals surface area contributed by atoms with Crippen molar-refractivity contribution in [3.05, 3.63) is 46.2 Å². The summed E-state index contributed by atoms with van der Waals surface area (Å²) < 4.78 is 4.59. The molecule has 1 heterocycles. The molecule has 0 aliphatic rings. The molecule has 110 valence electrons. The second-order valence-electron chi connectivity index (χ2n) is 4.25. The van der Waals surface area contributed by atoms with Crippen LogP contribution in [0.5, 0.6) is 0 Å². The van der Waals surface area contributed by atoms with Crippen LogP contribution < -0.4 is 10.6 Å². The minimum atomic E-state index is -0.523. The van der Waals surface area contributed by atoms with Gasteiger partial charge in [-0.25, -0.2) is 0 Å². The Bertz CT molecular complexity index is 640. The minimum Gasteiger partial charge on any atom is -0.380 e. The van der Waals surface area contributed by atoms with Gasteiger partial charge in [0.05, 0.1) is 4.92 Å². The van der Waals surface area contributed by atoms with Crippen LogP contribution in [0, 0.1) is 10.1 Å². The van der Waals surface area contributed by atoms with Crippen molar-refractivity contribution in [1.82, 2.24) is 5.16 Å². The van der Waals surface area contributed by atoms with Crippen molar-refractivity contribution in [2.75, 3.05) is 17.2 Å². The van der Waals surface area contributed by atoms with Crippen molar-refractivity contribution in [3.63, 3.8) is 0 Å². The van der Waals surface area contributed by atoms with Gasteiger partial charge in [-0.15, -0.1) is 0 Å². The van der Waals surface area contributed by atoms with Gasteiger partial charge in [0.1, 0.15) is 12.0 Å². The highest BCUT2D eigenvalue weighted by atomic mass is 16.6. The highest BCUT2D eigenvalue weighted by Crippen LogP contribution is 2.26. The third-order valence-electron chi connectivity index (χ3n) is 2.70. The second kappa shape index (κ2) is 6.51. The van der Waals surface area contributed by atoms with E-state index in [2.05, 4.69) is 20.3 Å². The summed E-state index contributed by atoms with van der Waals surface area (Å²) in [5.41, 5.74) is 0.419. The zero-order chi connectivity index (χ0) is 15.2. The lowest BCUT2D eigenvalue weighted by molar-refractivity contribution is -0.384. The molecule has 0 aliphatic carbocycles. The first-order valence-electron chi connectivity index (χ1n) is 6.36. The topological polar surface area (TPSA) is 110 Å². The summed E-state index contributed by atoms with van der Waals surface area (Å²) in [5.74, 6) is -0.245. The first kappa shape index (κ1) is 14.5. The van der Waals surface area contributed by atoms with E-state index in [1.54, 1.807) is 0 Å². The first-order chi connectivity index (χ1) is 10.1. The molecule has 0 bridgehead atoms. The number of amides is 1. The van der Waals surface area contributed by atoms with Crippen molar-refractivity contribution < 1.29 is 14.2 Å². The molecule has 1 aromatic heterocycles. The maximum absolute atomic E-state index is 12.0. The van der Waals surface area contributed by atoms with Gasteiger partial charge in [-0.2, -0.15) is 0 Å². The van der Waals surface area contributed by atoms with E-state index in [4.69, 9.17) is 0 Å². The zero-order valence-corrected chi connectivity index (χ0v) is 11.3. The van der Waals surface area contributed by atoms with Gasteiger partial charge >= 0.3 is 0 Å². The van der Waals surface area contributed by atoms with Gasteiger partial charge in [0.25, 0.3) is 11.6 Å². The number of nitro groups is 1. The smallest absolute Gasteiger partial charge is 0.293 e. The van der Waals surface area contributed by atoms with Crippen molar-refractivity contribution >= 4 is 23.1 Å². The molecular formula is C13H14N4O4. The van der Waals surface area contributed by atoms with Crippen molar-refractivity contribution in [2.24, 2.45) is 0 Å². The van der Waals surface area contributed by atoms with Crippen molar-refractivity contribution in [2.45, 2.75) is 13.3 Å². The number of benzene rings is 1. The minimum absolute atomic E-state index is 0.142. The van der Waals surface area contributed by atoms with E-state index >= 15 is 0 Å². The maximum Gasteiger partial charge on any atom is 0.293 e. The SMILES string of the molecule is CCCNc1ccc(C(=O)Nc2ccon2)cc1[N+](=O)[O-]. The van der Waals surface area contributed by atoms with E-state index in [0.29, 0.717) is 12.2 Å². The van der Waals surface area contributed by atoms with Gasteiger partial charge in [0.15, 0.2) is 5.82 Å². The summed E-state index contributed by atoms with van der Waals surface area (Å²) in [6.07, 6.45) is 2.15. The number of nitrogens with one attached hydrogen (secondary N) is 2. The molecule has 8 nitrogen and oxygen atoms in total. The molecule has 2 rings (SSSR count). The maximum atomic E-state index is 12.0. The number of rotatable bonds is 6. The van der Waals surface area contributed by atoms with Crippen LogP contribution in [-0.2, 0) is 0 Å². The molecule has 0 spiro atoms. The first-order valence-corrected chi connectivity index (χ1v) is 6.36. The molecular weight excluding hydrogens is 276 g/mol. The third kappa shape index (κ3) is 3.56. The predicted octanol–water partition coefficient (Wildman–Crippen LogP) is 2.66. The Balaban J connectivity index is 2.22. The number of hydrogen-bond acceptors (Lipinski definition) is 6. The highest BCUT2D eigenvalue weighted by molar-refractivity contribution is 6.04. The molecule has 2 N–H and O–H groups in total. The van der Waals surface area contributed by atoms with E-state index in [9.17, 15) is 14.9 Å². The fourth-order valence-electron chi connectivity index (χ4n) is 1.70. The molecule has 0 radical (unpaired) electrons. The molecule has 0 saturated carbocycles. The standard InChI is InChI=1S/C13H14N4O4/c1-2-6-14-10-4-3-9(8-11(10)17(19)20)13(18)15-12-5-7-21-16-12/h3-5,7-8,14H,2,6H2,1H3,(H,15,16,18). The number of aromatic nitrogens is 1. The lowest BCUT2D eigenvalue weighted by Crippen LogP contribution is -2.13. The van der Waals surface area contributed by atoms with E-state index in [0.717, 1.165) is 6.42 Å². The number of carbonyl (C=O) groups is 1. The number of anilines is 2. The number of hydrogen-bond donors (Lipinski definition) is 2. The van der Waals surface area contributed by atoms with Crippen LogP contribution in [0.2, 0.25) is 0 Å². The van der Waals surface area contributed by atoms with E-state index in [-0.39, 0.29) is 17.1 Å². The Morgan fingerprint density at radius 2 is 2.24 bits per heavy atom. The van der Waals surface area contributed by atoms with Gasteiger partial charge in [0, 0.05) is 24.2 Å². The average Bonchev–Trinajstić information content (AvgIpc) is 2.97. The molecule has 0 saturated heterocycles. The molecule has 2 aromatic rings. The van der Waals surface area contributed by atoms with Crippen LogP contribution in [0.15, 0.2) is 35.1 Å². The fourth-order valence-corrected chi connectivity index (χ4v) is 1.70. The predicted molar refractivity (Wildman–Crippen MR) is 76.3 cm³/mol. The van der Waals surface area contributed by atoms with Crippen LogP contribution in [-0.4, -0.2) is 22.5 Å². The highest BCUT2D eigenvalue weighted by Gasteiger charge is 2.17. The van der Waals surface area contributed by atoms with Crippen LogP contribution in [0.3, 0.4) is 0 Å². The van der Waals surface area contributed by atoms with Crippen LogP contribution >= 0.6 is 0 Å². The number of nitro benzene ring substituents is 1. The van der Waals surface area contributed by atoms with E-state index < -0.39 is 10.8 Å². The van der Waals surface area contributed by atoms with Gasteiger partial charge in [-0.05, 0) is 18.6 Å². The van der Waals surface area contributed by atoms with Crippen LogP contribution in [0.1, 0.15) is 23.7 Å². The molecule has 0 atom stereocenters. The summed E-state index contributed by atoms with van der Waals surface area (Å²) in [6, 6.07) is 5.74. The summed E-state index contributed by atoms with van der Waals surface area (Å²) in [4.78, 5) is 22.5. The van der Waals surface area contributed by atoms with Gasteiger partial charge < -0.3 is 15.2 Å². The Labute approximate surface area is 120 Å². The Hall–Kier alpha value is -2.90. The van der Waals surface area contributed by atoms with E-state index in [1.807, 2.05) is 6.92 Å².